The van der Waals surface area contributed by atoms with E-state index >= 15 is 0 Å². The molecule has 7 heteroatoms. The second kappa shape index (κ2) is 8.40. The van der Waals surface area contributed by atoms with Gasteiger partial charge in [0.15, 0.2) is 17.3 Å². The lowest BCUT2D eigenvalue weighted by Crippen LogP contribution is -2.27. The van der Waals surface area contributed by atoms with E-state index in [-0.39, 0.29) is 24.5 Å². The van der Waals surface area contributed by atoms with Gasteiger partial charge in [-0.05, 0) is 59.9 Å². The van der Waals surface area contributed by atoms with E-state index in [1.54, 1.807) is 7.11 Å². The van der Waals surface area contributed by atoms with Gasteiger partial charge in [0.2, 0.25) is 6.79 Å². The maximum Gasteiger partial charge on any atom is 0.231 e. The molecular formula is C27H23BrN2O4. The van der Waals surface area contributed by atoms with E-state index in [4.69, 9.17) is 14.2 Å². The van der Waals surface area contributed by atoms with Gasteiger partial charge >= 0.3 is 0 Å². The molecule has 2 N–H and O–H groups in total. The van der Waals surface area contributed by atoms with Crippen molar-refractivity contribution in [1.29, 1.82) is 0 Å². The molecule has 0 amide bonds. The average Bonchev–Trinajstić information content (AvgIpc) is 3.23. The highest BCUT2D eigenvalue weighted by Gasteiger charge is 2.37. The molecule has 3 aliphatic rings. The zero-order valence-electron chi connectivity index (χ0n) is 18.6. The zero-order chi connectivity index (χ0) is 23.2. The van der Waals surface area contributed by atoms with Crippen molar-refractivity contribution >= 4 is 33.1 Å². The Morgan fingerprint density at radius 3 is 2.59 bits per heavy atom. The standard InChI is InChI=1S/C27H23BrN2O4/c1-32-17-6-4-5-15(9-17)16-10-22-26(23(31)11-16)27(30-21-8-3-2-7-20(21)29-22)18-12-24-25(13-19(18)28)34-14-33-24/h2-9,12-13,16,27,29-30H,10-11,14H2,1H3. The lowest BCUT2D eigenvalue weighted by molar-refractivity contribution is -0.116. The van der Waals surface area contributed by atoms with E-state index in [1.807, 2.05) is 54.6 Å². The second-order valence-corrected chi connectivity index (χ2v) is 9.53. The minimum atomic E-state index is -0.339. The Bertz CT molecular complexity index is 1340. The molecule has 0 bridgehead atoms. The summed E-state index contributed by atoms with van der Waals surface area (Å²) in [5.74, 6) is 2.37. The number of hydrogen-bond acceptors (Lipinski definition) is 6. The SMILES string of the molecule is COc1cccc(C2CC(=O)C3=C(C2)Nc2ccccc2NC3c2cc3c(cc2Br)OCO3)c1. The van der Waals surface area contributed by atoms with Gasteiger partial charge in [0.25, 0.3) is 0 Å². The number of halogens is 1. The van der Waals surface area contributed by atoms with Gasteiger partial charge in [-0.2, -0.15) is 0 Å². The summed E-state index contributed by atoms with van der Waals surface area (Å²) in [6.07, 6.45) is 1.16. The topological polar surface area (TPSA) is 68.8 Å². The zero-order valence-corrected chi connectivity index (χ0v) is 20.1. The highest BCUT2D eigenvalue weighted by molar-refractivity contribution is 9.10. The van der Waals surface area contributed by atoms with Crippen LogP contribution >= 0.6 is 15.9 Å². The fourth-order valence-corrected chi connectivity index (χ4v) is 5.56. The van der Waals surface area contributed by atoms with Crippen molar-refractivity contribution in [2.75, 3.05) is 24.5 Å². The molecule has 6 nitrogen and oxygen atoms in total. The Morgan fingerprint density at radius 1 is 0.971 bits per heavy atom. The third kappa shape index (κ3) is 3.60. The van der Waals surface area contributed by atoms with Crippen LogP contribution in [0.2, 0.25) is 0 Å². The van der Waals surface area contributed by atoms with E-state index in [0.29, 0.717) is 17.9 Å². The third-order valence-corrected chi connectivity index (χ3v) is 7.36. The van der Waals surface area contributed by atoms with Crippen LogP contribution in [0.5, 0.6) is 17.2 Å². The molecule has 2 unspecified atom stereocenters. The summed E-state index contributed by atoms with van der Waals surface area (Å²) in [6.45, 7) is 0.197. The monoisotopic (exact) mass is 518 g/mol. The molecule has 172 valence electrons. The Kier molecular flexibility index (Phi) is 5.21. The molecule has 0 saturated heterocycles. The van der Waals surface area contributed by atoms with Gasteiger partial charge in [-0.1, -0.05) is 40.2 Å². The molecule has 3 aromatic rings. The summed E-state index contributed by atoms with van der Waals surface area (Å²) >= 11 is 3.71. The van der Waals surface area contributed by atoms with Gasteiger partial charge in [-0.15, -0.1) is 0 Å². The van der Waals surface area contributed by atoms with E-state index in [0.717, 1.165) is 50.4 Å². The molecule has 3 aromatic carbocycles. The van der Waals surface area contributed by atoms with Crippen molar-refractivity contribution in [2.45, 2.75) is 24.8 Å². The lowest BCUT2D eigenvalue weighted by atomic mass is 9.78. The van der Waals surface area contributed by atoms with Gasteiger partial charge in [0, 0.05) is 22.2 Å². The van der Waals surface area contributed by atoms with Gasteiger partial charge < -0.3 is 24.8 Å². The Hall–Kier alpha value is -3.45. The molecule has 0 fully saturated rings. The molecule has 0 aromatic heterocycles. The number of ether oxygens (including phenoxy) is 3. The molecule has 2 atom stereocenters. The average molecular weight is 519 g/mol. The quantitative estimate of drug-likeness (QED) is 0.432. The summed E-state index contributed by atoms with van der Waals surface area (Å²) in [4.78, 5) is 13.8. The number of benzene rings is 3. The molecule has 6 rings (SSSR count). The highest BCUT2D eigenvalue weighted by Crippen LogP contribution is 2.48. The summed E-state index contributed by atoms with van der Waals surface area (Å²) in [6, 6.07) is 19.6. The van der Waals surface area contributed by atoms with Crippen molar-refractivity contribution in [3.63, 3.8) is 0 Å². The molecule has 0 saturated carbocycles. The van der Waals surface area contributed by atoms with E-state index in [2.05, 4.69) is 32.6 Å². The largest absolute Gasteiger partial charge is 0.497 e. The second-order valence-electron chi connectivity index (χ2n) is 8.67. The molecule has 2 aliphatic heterocycles. The lowest BCUT2D eigenvalue weighted by Gasteiger charge is -2.30. The van der Waals surface area contributed by atoms with Gasteiger partial charge in [-0.3, -0.25) is 4.79 Å². The maximum absolute atomic E-state index is 13.8. The summed E-state index contributed by atoms with van der Waals surface area (Å²) in [5, 5.41) is 7.21. The first-order valence-electron chi connectivity index (χ1n) is 11.2. The molecule has 0 radical (unpaired) electrons. The van der Waals surface area contributed by atoms with Crippen LogP contribution in [-0.2, 0) is 4.79 Å². The number of para-hydroxylation sites is 2. The first kappa shape index (κ1) is 21.1. The molecule has 34 heavy (non-hydrogen) atoms. The number of carbonyl (C=O) groups excluding carboxylic acids is 1. The first-order chi connectivity index (χ1) is 16.6. The van der Waals surface area contributed by atoms with E-state index in [1.165, 1.54) is 0 Å². The molecule has 1 aliphatic carbocycles. The minimum Gasteiger partial charge on any atom is -0.497 e. The van der Waals surface area contributed by atoms with Crippen molar-refractivity contribution in [3.8, 4) is 17.2 Å². The van der Waals surface area contributed by atoms with Gasteiger partial charge in [-0.25, -0.2) is 0 Å². The van der Waals surface area contributed by atoms with Crippen LogP contribution in [0.1, 0.15) is 35.9 Å². The van der Waals surface area contributed by atoms with E-state index < -0.39 is 0 Å². The van der Waals surface area contributed by atoms with Crippen LogP contribution in [0.25, 0.3) is 0 Å². The highest BCUT2D eigenvalue weighted by atomic mass is 79.9. The first-order valence-corrected chi connectivity index (χ1v) is 12.0. The maximum atomic E-state index is 13.8. The molecule has 2 heterocycles. The van der Waals surface area contributed by atoms with Crippen LogP contribution < -0.4 is 24.8 Å². The Balaban J connectivity index is 1.47. The third-order valence-electron chi connectivity index (χ3n) is 6.68. The minimum absolute atomic E-state index is 0.0694. The molecule has 0 spiro atoms. The summed E-state index contributed by atoms with van der Waals surface area (Å²) in [5.41, 5.74) is 5.63. The van der Waals surface area contributed by atoms with Crippen molar-refractivity contribution < 1.29 is 19.0 Å². The van der Waals surface area contributed by atoms with Crippen molar-refractivity contribution in [1.82, 2.24) is 0 Å². The van der Waals surface area contributed by atoms with Crippen LogP contribution in [0.15, 0.2) is 76.4 Å². The van der Waals surface area contributed by atoms with Crippen LogP contribution in [0.3, 0.4) is 0 Å². The number of Topliss-reactive ketones (excluding diaryl/α,β-unsaturated/α-hetero) is 1. The molecular weight excluding hydrogens is 496 g/mol. The summed E-state index contributed by atoms with van der Waals surface area (Å²) < 4.78 is 17.5. The predicted octanol–water partition coefficient (Wildman–Crippen LogP) is 6.17. The van der Waals surface area contributed by atoms with Crippen molar-refractivity contribution in [2.24, 2.45) is 0 Å². The number of methoxy groups -OCH3 is 1. The van der Waals surface area contributed by atoms with Crippen LogP contribution in [-0.4, -0.2) is 19.7 Å². The fourth-order valence-electron chi connectivity index (χ4n) is 5.01. The number of ketones is 1. The number of hydrogen-bond donors (Lipinski definition) is 2. The number of rotatable bonds is 3. The number of anilines is 2. The van der Waals surface area contributed by atoms with Gasteiger partial charge in [0.05, 0.1) is 24.5 Å². The van der Waals surface area contributed by atoms with E-state index in [9.17, 15) is 4.79 Å². The number of nitrogens with one attached hydrogen (secondary N) is 2. The van der Waals surface area contributed by atoms with Crippen LogP contribution in [0, 0.1) is 0 Å². The smallest absolute Gasteiger partial charge is 0.231 e. The van der Waals surface area contributed by atoms with Crippen LogP contribution in [0.4, 0.5) is 11.4 Å². The number of fused-ring (bicyclic) bond motifs is 2. The Labute approximate surface area is 206 Å². The fraction of sp³-hybridized carbons (Fsp3) is 0.222. The van der Waals surface area contributed by atoms with Crippen molar-refractivity contribution in [3.05, 3.63) is 87.5 Å². The van der Waals surface area contributed by atoms with Gasteiger partial charge in [0.1, 0.15) is 5.75 Å². The number of carbonyl (C=O) groups is 1. The summed E-state index contributed by atoms with van der Waals surface area (Å²) in [7, 11) is 1.66. The Morgan fingerprint density at radius 2 is 1.76 bits per heavy atom. The predicted molar refractivity (Wildman–Crippen MR) is 134 cm³/mol. The number of allylic oxidation sites excluding steroid dienone is 1. The normalized spacial score (nSPS) is 20.6.